The Labute approximate surface area is 227 Å². The molecule has 0 N–H and O–H groups in total. The third kappa shape index (κ3) is 6.15. The molecular weight excluding hydrogens is 712 g/mol. The van der Waals surface area contributed by atoms with Crippen molar-refractivity contribution >= 4 is 79.1 Å². The molecule has 0 aliphatic carbocycles. The average Bonchev–Trinajstić information content (AvgIpc) is 3.16. The second-order valence-corrected chi connectivity index (χ2v) is 10.3. The zero-order chi connectivity index (χ0) is 23.4. The molecule has 3 aromatic rings. The second-order valence-electron chi connectivity index (χ2n) is 7.02. The molecule has 1 aliphatic heterocycles. The zero-order valence-electron chi connectivity index (χ0n) is 17.5. The van der Waals surface area contributed by atoms with Gasteiger partial charge in [-0.15, -0.1) is 0 Å². The van der Waals surface area contributed by atoms with Crippen molar-refractivity contribution in [2.45, 2.75) is 13.5 Å². The molecule has 0 radical (unpaired) electrons. The quantitative estimate of drug-likeness (QED) is 0.150. The lowest BCUT2D eigenvalue weighted by Crippen LogP contribution is -2.05. The summed E-state index contributed by atoms with van der Waals surface area (Å²) < 4.78 is 20.3. The summed E-state index contributed by atoms with van der Waals surface area (Å²) in [5.74, 6) is 1.04. The molecule has 33 heavy (non-hydrogen) atoms. The SMILES string of the molecule is CCOc1cc(/C=C2\N=C(c3ccc(I)c(Br)c3)OC2=O)ccc1OCc1ccc(I)cc1. The van der Waals surface area contributed by atoms with Crippen LogP contribution in [0, 0.1) is 7.14 Å². The summed E-state index contributed by atoms with van der Waals surface area (Å²) >= 11 is 7.99. The maximum Gasteiger partial charge on any atom is 0.363 e. The Morgan fingerprint density at radius 3 is 2.52 bits per heavy atom. The number of benzene rings is 3. The molecule has 3 aromatic carbocycles. The molecular formula is C25H18BrI2NO4. The first-order valence-corrected chi connectivity index (χ1v) is 13.0. The van der Waals surface area contributed by atoms with E-state index >= 15 is 0 Å². The molecule has 0 saturated carbocycles. The highest BCUT2D eigenvalue weighted by molar-refractivity contribution is 14.1. The maximum atomic E-state index is 12.4. The Morgan fingerprint density at radius 2 is 1.79 bits per heavy atom. The number of ether oxygens (including phenoxy) is 3. The molecule has 168 valence electrons. The summed E-state index contributed by atoms with van der Waals surface area (Å²) in [5.41, 5.74) is 2.80. The van der Waals surface area contributed by atoms with Gasteiger partial charge < -0.3 is 14.2 Å². The van der Waals surface area contributed by atoms with Gasteiger partial charge >= 0.3 is 5.97 Å². The predicted molar refractivity (Wildman–Crippen MR) is 149 cm³/mol. The number of nitrogens with zero attached hydrogens (tertiary/aromatic N) is 1. The number of hydrogen-bond acceptors (Lipinski definition) is 5. The van der Waals surface area contributed by atoms with E-state index in [1.165, 1.54) is 3.57 Å². The van der Waals surface area contributed by atoms with Gasteiger partial charge in [0.2, 0.25) is 5.90 Å². The van der Waals surface area contributed by atoms with Crippen molar-refractivity contribution in [3.05, 3.63) is 94.7 Å². The second kappa shape index (κ2) is 11.0. The molecule has 4 rings (SSSR count). The molecule has 0 saturated heterocycles. The molecule has 0 aromatic heterocycles. The summed E-state index contributed by atoms with van der Waals surface area (Å²) in [6.45, 7) is 2.84. The van der Waals surface area contributed by atoms with E-state index in [4.69, 9.17) is 14.2 Å². The highest BCUT2D eigenvalue weighted by Crippen LogP contribution is 2.31. The van der Waals surface area contributed by atoms with Gasteiger partial charge in [-0.2, -0.15) is 0 Å². The van der Waals surface area contributed by atoms with Crippen molar-refractivity contribution in [3.8, 4) is 11.5 Å². The monoisotopic (exact) mass is 729 g/mol. The standard InChI is InChI=1S/C25H18BrI2NO4/c1-2-31-23-12-16(5-10-22(23)32-14-15-3-7-18(27)8-4-15)11-21-25(30)33-24(29-21)17-6-9-20(28)19(26)13-17/h3-13H,2,14H2,1H3/b21-11-. The molecule has 1 heterocycles. The van der Waals surface area contributed by atoms with E-state index in [0.717, 1.165) is 24.7 Å². The molecule has 0 bridgehead atoms. The van der Waals surface area contributed by atoms with Crippen molar-refractivity contribution < 1.29 is 19.0 Å². The van der Waals surface area contributed by atoms with Gasteiger partial charge in [-0.3, -0.25) is 0 Å². The van der Waals surface area contributed by atoms with Crippen LogP contribution >= 0.6 is 61.1 Å². The summed E-state index contributed by atoms with van der Waals surface area (Å²) in [5, 5.41) is 0. The van der Waals surface area contributed by atoms with Crippen molar-refractivity contribution in [1.29, 1.82) is 0 Å². The fourth-order valence-corrected chi connectivity index (χ4v) is 4.14. The lowest BCUT2D eigenvalue weighted by atomic mass is 10.1. The van der Waals surface area contributed by atoms with E-state index in [1.807, 2.05) is 67.6 Å². The van der Waals surface area contributed by atoms with Gasteiger partial charge in [0.15, 0.2) is 17.2 Å². The van der Waals surface area contributed by atoms with Gasteiger partial charge in [0.25, 0.3) is 0 Å². The zero-order valence-corrected chi connectivity index (χ0v) is 23.4. The van der Waals surface area contributed by atoms with Crippen LogP contribution in [-0.4, -0.2) is 18.5 Å². The van der Waals surface area contributed by atoms with Crippen LogP contribution in [0.25, 0.3) is 6.08 Å². The molecule has 0 fully saturated rings. The van der Waals surface area contributed by atoms with Crippen LogP contribution in [0.1, 0.15) is 23.6 Å². The minimum absolute atomic E-state index is 0.231. The van der Waals surface area contributed by atoms with Crippen LogP contribution in [0.15, 0.2) is 75.8 Å². The van der Waals surface area contributed by atoms with Gasteiger partial charge in [0, 0.05) is 17.2 Å². The summed E-state index contributed by atoms with van der Waals surface area (Å²) in [7, 11) is 0. The third-order valence-electron chi connectivity index (χ3n) is 4.67. The van der Waals surface area contributed by atoms with Gasteiger partial charge in [0.1, 0.15) is 6.61 Å². The molecule has 1 aliphatic rings. The highest BCUT2D eigenvalue weighted by Gasteiger charge is 2.24. The van der Waals surface area contributed by atoms with Crippen LogP contribution in [0.2, 0.25) is 0 Å². The Hall–Kier alpha value is -1.92. The van der Waals surface area contributed by atoms with Crippen LogP contribution in [-0.2, 0) is 16.1 Å². The lowest BCUT2D eigenvalue weighted by Gasteiger charge is -2.13. The minimum Gasteiger partial charge on any atom is -0.490 e. The first kappa shape index (κ1) is 24.2. The van der Waals surface area contributed by atoms with Crippen molar-refractivity contribution in [2.75, 3.05) is 6.61 Å². The Balaban J connectivity index is 1.56. The molecule has 0 amide bonds. The maximum absolute atomic E-state index is 12.4. The number of carbonyl (C=O) groups excluding carboxylic acids is 1. The van der Waals surface area contributed by atoms with Crippen LogP contribution in [0.5, 0.6) is 11.5 Å². The molecule has 0 spiro atoms. The average molecular weight is 730 g/mol. The Morgan fingerprint density at radius 1 is 1.00 bits per heavy atom. The molecule has 8 heteroatoms. The van der Waals surface area contributed by atoms with Crippen molar-refractivity contribution in [3.63, 3.8) is 0 Å². The first-order valence-electron chi connectivity index (χ1n) is 10.0. The van der Waals surface area contributed by atoms with Gasteiger partial charge in [0.05, 0.1) is 6.61 Å². The van der Waals surface area contributed by atoms with E-state index in [0.29, 0.717) is 24.7 Å². The molecule has 0 unspecified atom stereocenters. The number of esters is 1. The number of cyclic esters (lactones) is 1. The van der Waals surface area contributed by atoms with Crippen LogP contribution < -0.4 is 9.47 Å². The number of halogens is 3. The fourth-order valence-electron chi connectivity index (χ4n) is 3.06. The topological polar surface area (TPSA) is 57.1 Å². The molecule has 5 nitrogen and oxygen atoms in total. The number of hydrogen-bond donors (Lipinski definition) is 0. The van der Waals surface area contributed by atoms with E-state index in [-0.39, 0.29) is 11.6 Å². The number of rotatable bonds is 7. The van der Waals surface area contributed by atoms with E-state index in [1.54, 1.807) is 6.08 Å². The van der Waals surface area contributed by atoms with E-state index in [9.17, 15) is 4.79 Å². The van der Waals surface area contributed by atoms with Crippen LogP contribution in [0.3, 0.4) is 0 Å². The third-order valence-corrected chi connectivity index (χ3v) is 7.72. The van der Waals surface area contributed by atoms with Crippen molar-refractivity contribution in [1.82, 2.24) is 0 Å². The Kier molecular flexibility index (Phi) is 8.07. The predicted octanol–water partition coefficient (Wildman–Crippen LogP) is 6.98. The highest BCUT2D eigenvalue weighted by atomic mass is 127. The van der Waals surface area contributed by atoms with E-state index in [2.05, 4.69) is 66.1 Å². The normalized spacial score (nSPS) is 14.2. The first-order chi connectivity index (χ1) is 15.9. The minimum atomic E-state index is -0.489. The van der Waals surface area contributed by atoms with Crippen molar-refractivity contribution in [2.24, 2.45) is 4.99 Å². The van der Waals surface area contributed by atoms with Crippen LogP contribution in [0.4, 0.5) is 0 Å². The van der Waals surface area contributed by atoms with Gasteiger partial charge in [-0.1, -0.05) is 18.2 Å². The number of aliphatic imine (C=N–C) groups is 1. The van der Waals surface area contributed by atoms with Gasteiger partial charge in [-0.05, 0) is 128 Å². The largest absolute Gasteiger partial charge is 0.490 e. The molecule has 0 atom stereocenters. The summed E-state index contributed by atoms with van der Waals surface area (Å²) in [4.78, 5) is 16.8. The summed E-state index contributed by atoms with van der Waals surface area (Å²) in [6.07, 6.45) is 1.68. The lowest BCUT2D eigenvalue weighted by molar-refractivity contribution is -0.129. The Bertz CT molecular complexity index is 1260. The van der Waals surface area contributed by atoms with Gasteiger partial charge in [-0.25, -0.2) is 9.79 Å². The number of carbonyl (C=O) groups is 1. The fraction of sp³-hybridized carbons (Fsp3) is 0.120. The smallest absolute Gasteiger partial charge is 0.363 e. The summed E-state index contributed by atoms with van der Waals surface area (Å²) in [6, 6.07) is 19.4. The van der Waals surface area contributed by atoms with E-state index < -0.39 is 5.97 Å².